The van der Waals surface area contributed by atoms with Gasteiger partial charge in [-0.05, 0) is 38.5 Å². The minimum atomic E-state index is -0.398. The van der Waals surface area contributed by atoms with Gasteiger partial charge >= 0.3 is 5.97 Å². The summed E-state index contributed by atoms with van der Waals surface area (Å²) in [6.07, 6.45) is 0.601. The van der Waals surface area contributed by atoms with E-state index in [1.807, 2.05) is 31.2 Å². The normalized spacial score (nSPS) is 10.1. The number of anilines is 3. The van der Waals surface area contributed by atoms with Gasteiger partial charge in [0.2, 0.25) is 6.41 Å². The molecule has 1 heterocycles. The molecule has 0 saturated heterocycles. The molecule has 0 fully saturated rings. The Hall–Kier alpha value is -2.34. The molecule has 1 amide bonds. The van der Waals surface area contributed by atoms with Crippen molar-refractivity contribution in [2.75, 3.05) is 17.2 Å². The van der Waals surface area contributed by atoms with Gasteiger partial charge < -0.3 is 15.4 Å². The smallest absolute Gasteiger partial charge is 0.341 e. The number of nitrogens with one attached hydrogen (secondary N) is 2. The number of ether oxygens (including phenoxy) is 1. The van der Waals surface area contributed by atoms with Gasteiger partial charge in [-0.2, -0.15) is 0 Å². The van der Waals surface area contributed by atoms with Crippen molar-refractivity contribution in [2.24, 2.45) is 0 Å². The van der Waals surface area contributed by atoms with Crippen molar-refractivity contribution in [1.29, 1.82) is 0 Å². The Kier molecular flexibility index (Phi) is 5.16. The van der Waals surface area contributed by atoms with Gasteiger partial charge in [-0.1, -0.05) is 23.5 Å². The highest BCUT2D eigenvalue weighted by Gasteiger charge is 2.22. The van der Waals surface area contributed by atoms with Crippen LogP contribution in [0.2, 0.25) is 0 Å². The molecule has 0 bridgehead atoms. The maximum atomic E-state index is 12.2. The molecule has 0 atom stereocenters. The summed E-state index contributed by atoms with van der Waals surface area (Å²) in [7, 11) is 0. The van der Waals surface area contributed by atoms with Crippen LogP contribution in [-0.2, 0) is 9.53 Å². The Morgan fingerprint density at radius 1 is 1.32 bits per heavy atom. The highest BCUT2D eigenvalue weighted by Crippen LogP contribution is 2.39. The first kappa shape index (κ1) is 16.0. The summed E-state index contributed by atoms with van der Waals surface area (Å²) in [6, 6.07) is 7.84. The van der Waals surface area contributed by atoms with Crippen LogP contribution in [0.3, 0.4) is 0 Å². The van der Waals surface area contributed by atoms with E-state index in [9.17, 15) is 9.59 Å². The second-order valence-electron chi connectivity index (χ2n) is 4.74. The number of amides is 1. The Labute approximate surface area is 133 Å². The zero-order chi connectivity index (χ0) is 16.1. The van der Waals surface area contributed by atoms with Crippen LogP contribution in [0.4, 0.5) is 15.7 Å². The van der Waals surface area contributed by atoms with Crippen molar-refractivity contribution in [3.63, 3.8) is 0 Å². The number of hydrogen-bond acceptors (Lipinski definition) is 5. The third-order valence-electron chi connectivity index (χ3n) is 3.09. The number of carbonyl (C=O) groups excluding carboxylic acids is 2. The molecule has 2 aromatic rings. The topological polar surface area (TPSA) is 67.4 Å². The first-order chi connectivity index (χ1) is 10.6. The second-order valence-corrected chi connectivity index (χ2v) is 5.76. The highest BCUT2D eigenvalue weighted by molar-refractivity contribution is 7.20. The Bertz CT molecular complexity index is 695. The van der Waals surface area contributed by atoms with E-state index in [1.54, 1.807) is 13.8 Å². The number of aryl methyl sites for hydroxylation is 1. The molecule has 6 heteroatoms. The van der Waals surface area contributed by atoms with Gasteiger partial charge in [0.05, 0.1) is 12.2 Å². The van der Waals surface area contributed by atoms with E-state index in [2.05, 4.69) is 10.6 Å². The van der Waals surface area contributed by atoms with Gasteiger partial charge in [-0.3, -0.25) is 4.79 Å². The predicted molar refractivity (Wildman–Crippen MR) is 89.2 cm³/mol. The van der Waals surface area contributed by atoms with E-state index in [0.717, 1.165) is 11.3 Å². The van der Waals surface area contributed by atoms with Crippen molar-refractivity contribution in [3.8, 4) is 0 Å². The predicted octanol–water partition coefficient (Wildman–Crippen LogP) is 3.85. The summed E-state index contributed by atoms with van der Waals surface area (Å²) in [5, 5.41) is 7.15. The van der Waals surface area contributed by atoms with E-state index in [0.29, 0.717) is 34.1 Å². The Morgan fingerprint density at radius 3 is 2.73 bits per heavy atom. The molecule has 1 aromatic heterocycles. The molecule has 1 aromatic carbocycles. The Balaban J connectivity index is 2.42. The molecule has 0 aliphatic heterocycles. The monoisotopic (exact) mass is 318 g/mol. The molecule has 0 aliphatic carbocycles. The molecule has 0 unspecified atom stereocenters. The average Bonchev–Trinajstić information content (AvgIpc) is 2.76. The summed E-state index contributed by atoms with van der Waals surface area (Å²) in [4.78, 5) is 22.9. The maximum Gasteiger partial charge on any atom is 0.341 e. The van der Waals surface area contributed by atoms with Crippen LogP contribution >= 0.6 is 11.3 Å². The maximum absolute atomic E-state index is 12.2. The molecule has 0 spiro atoms. The van der Waals surface area contributed by atoms with Crippen molar-refractivity contribution < 1.29 is 14.3 Å². The van der Waals surface area contributed by atoms with E-state index in [4.69, 9.17) is 4.74 Å². The quantitative estimate of drug-likeness (QED) is 0.627. The summed E-state index contributed by atoms with van der Waals surface area (Å²) in [5.74, 6) is -0.398. The second kappa shape index (κ2) is 7.09. The third-order valence-corrected chi connectivity index (χ3v) is 4.23. The van der Waals surface area contributed by atoms with Gasteiger partial charge in [-0.25, -0.2) is 4.79 Å². The van der Waals surface area contributed by atoms with Crippen LogP contribution in [-0.4, -0.2) is 19.0 Å². The average molecular weight is 318 g/mol. The van der Waals surface area contributed by atoms with Gasteiger partial charge in [0, 0.05) is 11.3 Å². The molecular formula is C16H18N2O3S. The molecular weight excluding hydrogens is 300 g/mol. The highest BCUT2D eigenvalue weighted by atomic mass is 32.1. The standard InChI is InChI=1S/C16H18N2O3S/c1-4-21-16(20)13-11(3)14(17-9-19)22-15(13)18-12-7-5-6-10(2)8-12/h5-9,18H,4H2,1-3H3,(H,17,19). The van der Waals surface area contributed by atoms with Crippen molar-refractivity contribution in [2.45, 2.75) is 20.8 Å². The number of thiophene rings is 1. The zero-order valence-corrected chi connectivity index (χ0v) is 13.5. The molecule has 0 saturated carbocycles. The zero-order valence-electron chi connectivity index (χ0n) is 12.7. The van der Waals surface area contributed by atoms with E-state index in [-0.39, 0.29) is 0 Å². The minimum Gasteiger partial charge on any atom is -0.462 e. The van der Waals surface area contributed by atoms with Gasteiger partial charge in [0.25, 0.3) is 0 Å². The number of esters is 1. The fourth-order valence-electron chi connectivity index (χ4n) is 2.10. The third kappa shape index (κ3) is 3.46. The van der Waals surface area contributed by atoms with Crippen LogP contribution < -0.4 is 10.6 Å². The minimum absolute atomic E-state index is 0.300. The molecule has 5 nitrogen and oxygen atoms in total. The van der Waals surface area contributed by atoms with E-state index in [1.165, 1.54) is 11.3 Å². The SMILES string of the molecule is CCOC(=O)c1c(Nc2cccc(C)c2)sc(NC=O)c1C. The lowest BCUT2D eigenvalue weighted by molar-refractivity contribution is -0.105. The van der Waals surface area contributed by atoms with Crippen LogP contribution in [0.15, 0.2) is 24.3 Å². The van der Waals surface area contributed by atoms with Gasteiger partial charge in [0.15, 0.2) is 0 Å². The lowest BCUT2D eigenvalue weighted by atomic mass is 10.2. The summed E-state index contributed by atoms with van der Waals surface area (Å²) >= 11 is 1.31. The largest absolute Gasteiger partial charge is 0.462 e. The first-order valence-corrected chi connectivity index (χ1v) is 7.72. The van der Waals surface area contributed by atoms with Crippen LogP contribution in [0.5, 0.6) is 0 Å². The number of rotatable bonds is 6. The number of carbonyl (C=O) groups is 2. The first-order valence-electron chi connectivity index (χ1n) is 6.91. The van der Waals surface area contributed by atoms with Gasteiger partial charge in [0.1, 0.15) is 10.0 Å². The Morgan fingerprint density at radius 2 is 2.09 bits per heavy atom. The number of benzene rings is 1. The molecule has 2 N–H and O–H groups in total. The lowest BCUT2D eigenvalue weighted by Crippen LogP contribution is -2.07. The fraction of sp³-hybridized carbons (Fsp3) is 0.250. The summed E-state index contributed by atoms with van der Waals surface area (Å²) in [5.41, 5.74) is 3.15. The molecule has 22 heavy (non-hydrogen) atoms. The van der Waals surface area contributed by atoms with Crippen LogP contribution in [0.1, 0.15) is 28.4 Å². The molecule has 2 rings (SSSR count). The summed E-state index contributed by atoms with van der Waals surface area (Å²) in [6.45, 7) is 5.85. The van der Waals surface area contributed by atoms with Crippen molar-refractivity contribution in [1.82, 2.24) is 0 Å². The summed E-state index contributed by atoms with van der Waals surface area (Å²) < 4.78 is 5.11. The molecule has 0 radical (unpaired) electrons. The lowest BCUT2D eigenvalue weighted by Gasteiger charge is -2.08. The van der Waals surface area contributed by atoms with Gasteiger partial charge in [-0.15, -0.1) is 0 Å². The fourth-order valence-corrected chi connectivity index (χ4v) is 3.17. The van der Waals surface area contributed by atoms with E-state index >= 15 is 0 Å². The molecule has 116 valence electrons. The van der Waals surface area contributed by atoms with E-state index < -0.39 is 5.97 Å². The molecule has 0 aliphatic rings. The van der Waals surface area contributed by atoms with Crippen molar-refractivity contribution in [3.05, 3.63) is 41.0 Å². The number of hydrogen-bond donors (Lipinski definition) is 2. The van der Waals surface area contributed by atoms with Crippen LogP contribution in [0.25, 0.3) is 0 Å². The van der Waals surface area contributed by atoms with Crippen LogP contribution in [0, 0.1) is 13.8 Å². The van der Waals surface area contributed by atoms with Crippen molar-refractivity contribution >= 4 is 39.4 Å².